The fourth-order valence-electron chi connectivity index (χ4n) is 4.33. The lowest BCUT2D eigenvalue weighted by molar-refractivity contribution is -0.189. The van der Waals surface area contributed by atoms with Crippen LogP contribution < -0.4 is 5.73 Å². The van der Waals surface area contributed by atoms with Crippen molar-refractivity contribution in [1.82, 2.24) is 4.90 Å². The summed E-state index contributed by atoms with van der Waals surface area (Å²) in [7, 11) is 0. The number of nitrogens with two attached hydrogens (primary N) is 1. The number of nitrogens with zero attached hydrogens (tertiary/aromatic N) is 1. The van der Waals surface area contributed by atoms with E-state index in [1.807, 2.05) is 0 Å². The van der Waals surface area contributed by atoms with E-state index in [-0.39, 0.29) is 24.9 Å². The molecule has 1 aliphatic heterocycles. The zero-order valence-electron chi connectivity index (χ0n) is 15.4. The first-order valence-corrected chi connectivity index (χ1v) is 9.06. The molecule has 2 rings (SSSR count). The Morgan fingerprint density at radius 1 is 1.20 bits per heavy atom. The Morgan fingerprint density at radius 3 is 2.28 bits per heavy atom. The second kappa shape index (κ2) is 7.41. The quantitative estimate of drug-likeness (QED) is 0.544. The second-order valence-corrected chi connectivity index (χ2v) is 8.17. The van der Waals surface area contributed by atoms with Crippen LogP contribution in [0.2, 0.25) is 0 Å². The van der Waals surface area contributed by atoms with Crippen molar-refractivity contribution in [2.45, 2.75) is 64.0 Å². The van der Waals surface area contributed by atoms with E-state index >= 15 is 0 Å². The highest BCUT2D eigenvalue weighted by Gasteiger charge is 2.65. The summed E-state index contributed by atoms with van der Waals surface area (Å²) in [4.78, 5) is 38.4. The van der Waals surface area contributed by atoms with E-state index in [4.69, 9.17) is 10.5 Å². The number of Topliss-reactive ketones (excluding diaryl/α,β-unsaturated/α-hetero) is 1. The standard InChI is InChI=1S/C18H30N2O5/c1-17(2,3)25-15(22)11-20-10-13(12-7-5-4-6-8-12)18(20,16(23)24)14(21)9-19/h12-13H,4-11,19H2,1-3H3,(H,23,24). The molecule has 0 aromatic rings. The van der Waals surface area contributed by atoms with Crippen molar-refractivity contribution < 1.29 is 24.2 Å². The Labute approximate surface area is 148 Å². The van der Waals surface area contributed by atoms with Crippen molar-refractivity contribution in [2.24, 2.45) is 17.6 Å². The van der Waals surface area contributed by atoms with Crippen molar-refractivity contribution in [3.05, 3.63) is 0 Å². The van der Waals surface area contributed by atoms with E-state index in [1.54, 1.807) is 20.8 Å². The summed E-state index contributed by atoms with van der Waals surface area (Å²) in [5.74, 6) is -2.34. The van der Waals surface area contributed by atoms with Crippen LogP contribution in [0.15, 0.2) is 0 Å². The zero-order chi connectivity index (χ0) is 18.8. The predicted molar refractivity (Wildman–Crippen MR) is 91.9 cm³/mol. The average molecular weight is 354 g/mol. The summed E-state index contributed by atoms with van der Waals surface area (Å²) in [6.45, 7) is 5.12. The molecular weight excluding hydrogens is 324 g/mol. The van der Waals surface area contributed by atoms with Gasteiger partial charge in [0.05, 0.1) is 13.1 Å². The third-order valence-electron chi connectivity index (χ3n) is 5.35. The van der Waals surface area contributed by atoms with E-state index in [0.717, 1.165) is 32.1 Å². The van der Waals surface area contributed by atoms with Crippen molar-refractivity contribution in [3.8, 4) is 0 Å². The lowest BCUT2D eigenvalue weighted by atomic mass is 9.62. The van der Waals surface area contributed by atoms with Crippen molar-refractivity contribution in [2.75, 3.05) is 19.6 Å². The van der Waals surface area contributed by atoms with Gasteiger partial charge in [0.1, 0.15) is 5.60 Å². The number of carboxylic acid groups (broad SMARTS) is 1. The molecule has 3 N–H and O–H groups in total. The van der Waals surface area contributed by atoms with Gasteiger partial charge in [0, 0.05) is 12.5 Å². The van der Waals surface area contributed by atoms with Crippen molar-refractivity contribution in [1.29, 1.82) is 0 Å². The molecule has 0 bridgehead atoms. The average Bonchev–Trinajstić information content (AvgIpc) is 2.50. The molecular formula is C18H30N2O5. The van der Waals surface area contributed by atoms with Gasteiger partial charge < -0.3 is 15.6 Å². The molecule has 1 aliphatic carbocycles. The molecule has 1 saturated carbocycles. The minimum Gasteiger partial charge on any atom is -0.480 e. The van der Waals surface area contributed by atoms with Crippen LogP contribution in [0.3, 0.4) is 0 Å². The maximum atomic E-state index is 12.6. The SMILES string of the molecule is CC(C)(C)OC(=O)CN1CC(C2CCCCC2)C1(C(=O)O)C(=O)CN. The van der Waals surface area contributed by atoms with Gasteiger partial charge in [0.25, 0.3) is 0 Å². The Kier molecular flexibility index (Phi) is 5.89. The number of likely N-dealkylation sites (tertiary alicyclic amines) is 1. The molecule has 7 heteroatoms. The van der Waals surface area contributed by atoms with Gasteiger partial charge in [0.15, 0.2) is 11.3 Å². The number of carbonyl (C=O) groups is 3. The molecule has 0 spiro atoms. The maximum absolute atomic E-state index is 12.6. The molecule has 142 valence electrons. The lowest BCUT2D eigenvalue weighted by Crippen LogP contribution is -2.78. The first-order valence-electron chi connectivity index (χ1n) is 9.06. The Hall–Kier alpha value is -1.47. The fraction of sp³-hybridized carbons (Fsp3) is 0.833. The summed E-state index contributed by atoms with van der Waals surface area (Å²) in [5.41, 5.74) is 3.19. The number of hydrogen-bond acceptors (Lipinski definition) is 6. The van der Waals surface area contributed by atoms with Gasteiger partial charge in [-0.1, -0.05) is 32.1 Å². The molecule has 1 saturated heterocycles. The van der Waals surface area contributed by atoms with Gasteiger partial charge in [-0.3, -0.25) is 14.5 Å². The minimum absolute atomic E-state index is 0.190. The summed E-state index contributed by atoms with van der Waals surface area (Å²) in [6.07, 6.45) is 5.12. The summed E-state index contributed by atoms with van der Waals surface area (Å²) in [5, 5.41) is 9.93. The second-order valence-electron chi connectivity index (χ2n) is 8.17. The first kappa shape index (κ1) is 19.8. The molecule has 7 nitrogen and oxygen atoms in total. The molecule has 0 radical (unpaired) electrons. The number of ether oxygens (including phenoxy) is 1. The van der Waals surface area contributed by atoms with Crippen LogP contribution in [-0.2, 0) is 19.1 Å². The van der Waals surface area contributed by atoms with Crippen molar-refractivity contribution >= 4 is 17.7 Å². The van der Waals surface area contributed by atoms with Crippen LogP contribution >= 0.6 is 0 Å². The molecule has 2 fully saturated rings. The highest BCUT2D eigenvalue weighted by atomic mass is 16.6. The number of carbonyl (C=O) groups excluding carboxylic acids is 2. The zero-order valence-corrected chi connectivity index (χ0v) is 15.4. The molecule has 0 amide bonds. The summed E-state index contributed by atoms with van der Waals surface area (Å²) >= 11 is 0. The van der Waals surface area contributed by atoms with Crippen LogP contribution in [0.25, 0.3) is 0 Å². The number of aliphatic carboxylic acids is 1. The number of esters is 1. The first-order chi connectivity index (χ1) is 11.6. The molecule has 0 aromatic carbocycles. The van der Waals surface area contributed by atoms with E-state index in [2.05, 4.69) is 0 Å². The van der Waals surface area contributed by atoms with Gasteiger partial charge in [-0.15, -0.1) is 0 Å². The van der Waals surface area contributed by atoms with Crippen LogP contribution in [0.5, 0.6) is 0 Å². The summed E-state index contributed by atoms with van der Waals surface area (Å²) < 4.78 is 5.30. The van der Waals surface area contributed by atoms with Crippen LogP contribution in [0, 0.1) is 11.8 Å². The Balaban J connectivity index is 2.23. The fourth-order valence-corrected chi connectivity index (χ4v) is 4.33. The number of rotatable bonds is 6. The van der Waals surface area contributed by atoms with Gasteiger partial charge in [-0.2, -0.15) is 0 Å². The Bertz CT molecular complexity index is 536. The van der Waals surface area contributed by atoms with Gasteiger partial charge in [-0.05, 0) is 26.7 Å². The predicted octanol–water partition coefficient (Wildman–Crippen LogP) is 1.19. The topological polar surface area (TPSA) is 110 Å². The monoisotopic (exact) mass is 354 g/mol. The molecule has 2 atom stereocenters. The molecule has 25 heavy (non-hydrogen) atoms. The summed E-state index contributed by atoms with van der Waals surface area (Å²) in [6, 6.07) is 0. The third-order valence-corrected chi connectivity index (χ3v) is 5.35. The van der Waals surface area contributed by atoms with Crippen molar-refractivity contribution in [3.63, 3.8) is 0 Å². The largest absolute Gasteiger partial charge is 0.480 e. The van der Waals surface area contributed by atoms with Crippen LogP contribution in [-0.4, -0.2) is 58.5 Å². The molecule has 1 heterocycles. The van der Waals surface area contributed by atoms with E-state index in [0.29, 0.717) is 6.54 Å². The normalized spacial score (nSPS) is 28.2. The number of hydrogen-bond donors (Lipinski definition) is 2. The highest BCUT2D eigenvalue weighted by molar-refractivity contribution is 6.10. The molecule has 2 unspecified atom stereocenters. The maximum Gasteiger partial charge on any atom is 0.332 e. The lowest BCUT2D eigenvalue weighted by Gasteiger charge is -2.57. The van der Waals surface area contributed by atoms with Crippen LogP contribution in [0.4, 0.5) is 0 Å². The highest BCUT2D eigenvalue weighted by Crippen LogP contribution is 2.46. The minimum atomic E-state index is -1.69. The van der Waals surface area contributed by atoms with E-state index in [9.17, 15) is 19.5 Å². The molecule has 2 aliphatic rings. The number of carboxylic acids is 1. The van der Waals surface area contributed by atoms with Gasteiger partial charge in [-0.25, -0.2) is 4.79 Å². The van der Waals surface area contributed by atoms with E-state index in [1.165, 1.54) is 4.90 Å². The smallest absolute Gasteiger partial charge is 0.332 e. The molecule has 0 aromatic heterocycles. The Morgan fingerprint density at radius 2 is 1.80 bits per heavy atom. The van der Waals surface area contributed by atoms with Crippen LogP contribution in [0.1, 0.15) is 52.9 Å². The van der Waals surface area contributed by atoms with E-state index < -0.39 is 28.9 Å². The van der Waals surface area contributed by atoms with Gasteiger partial charge in [0.2, 0.25) is 0 Å². The number of ketones is 1. The van der Waals surface area contributed by atoms with Gasteiger partial charge >= 0.3 is 11.9 Å². The third kappa shape index (κ3) is 3.87.